The van der Waals surface area contributed by atoms with Crippen LogP contribution in [0, 0.1) is 10.1 Å². The lowest BCUT2D eigenvalue weighted by atomic mass is 10.2. The summed E-state index contributed by atoms with van der Waals surface area (Å²) in [7, 11) is 0. The van der Waals surface area contributed by atoms with E-state index in [2.05, 4.69) is 0 Å². The Kier molecular flexibility index (Phi) is 4.81. The molecule has 0 amide bonds. The number of halogens is 1. The van der Waals surface area contributed by atoms with Crippen LogP contribution in [0.15, 0.2) is 42.5 Å². The molecule has 0 aromatic heterocycles. The first-order valence-electron chi connectivity index (χ1n) is 6.58. The van der Waals surface area contributed by atoms with E-state index in [1.165, 1.54) is 29.2 Å². The first kappa shape index (κ1) is 15.5. The van der Waals surface area contributed by atoms with Crippen LogP contribution in [0.5, 0.6) is 11.5 Å². The molecule has 0 radical (unpaired) electrons. The summed E-state index contributed by atoms with van der Waals surface area (Å²) in [6.45, 7) is 0. The lowest BCUT2D eigenvalue weighted by Crippen LogP contribution is -1.93. The maximum atomic E-state index is 11.1. The lowest BCUT2D eigenvalue weighted by molar-refractivity contribution is -0.385. The predicted octanol–water partition coefficient (Wildman–Crippen LogP) is 5.52. The molecule has 114 valence electrons. The SMILES string of the molecule is O=[N+]([O-])c1cc(Cl)ccc1Oc1ccc(C2SCCS2)cc1. The van der Waals surface area contributed by atoms with E-state index in [1.54, 1.807) is 6.07 Å². The van der Waals surface area contributed by atoms with Gasteiger partial charge in [-0.15, -0.1) is 23.5 Å². The number of thioether (sulfide) groups is 2. The third-order valence-electron chi connectivity index (χ3n) is 3.12. The normalized spacial score (nSPS) is 15.0. The van der Waals surface area contributed by atoms with Crippen molar-refractivity contribution in [1.82, 2.24) is 0 Å². The molecule has 2 aromatic rings. The van der Waals surface area contributed by atoms with Gasteiger partial charge in [0.05, 0.1) is 9.51 Å². The van der Waals surface area contributed by atoms with E-state index in [1.807, 2.05) is 47.8 Å². The zero-order chi connectivity index (χ0) is 15.5. The summed E-state index contributed by atoms with van der Waals surface area (Å²) in [5, 5.41) is 11.4. The Morgan fingerprint density at radius 3 is 2.45 bits per heavy atom. The molecule has 3 rings (SSSR count). The number of rotatable bonds is 4. The van der Waals surface area contributed by atoms with E-state index in [4.69, 9.17) is 16.3 Å². The molecule has 0 atom stereocenters. The van der Waals surface area contributed by atoms with Crippen LogP contribution in [0.4, 0.5) is 5.69 Å². The molecule has 0 N–H and O–H groups in total. The highest BCUT2D eigenvalue weighted by atomic mass is 35.5. The van der Waals surface area contributed by atoms with E-state index in [9.17, 15) is 10.1 Å². The van der Waals surface area contributed by atoms with Crippen LogP contribution in [0.1, 0.15) is 10.1 Å². The molecule has 1 fully saturated rings. The molecule has 4 nitrogen and oxygen atoms in total. The molecule has 0 spiro atoms. The summed E-state index contributed by atoms with van der Waals surface area (Å²) in [6, 6.07) is 12.1. The molecule has 0 saturated carbocycles. The fourth-order valence-electron chi connectivity index (χ4n) is 2.09. The monoisotopic (exact) mass is 353 g/mol. The van der Waals surface area contributed by atoms with Gasteiger partial charge in [0.1, 0.15) is 5.75 Å². The number of hydrogen-bond donors (Lipinski definition) is 0. The van der Waals surface area contributed by atoms with Gasteiger partial charge in [-0.05, 0) is 29.8 Å². The van der Waals surface area contributed by atoms with Crippen LogP contribution in [-0.2, 0) is 0 Å². The van der Waals surface area contributed by atoms with Gasteiger partial charge in [0.25, 0.3) is 0 Å². The highest BCUT2D eigenvalue weighted by molar-refractivity contribution is 8.19. The van der Waals surface area contributed by atoms with Gasteiger partial charge in [-0.25, -0.2) is 0 Å². The van der Waals surface area contributed by atoms with Gasteiger partial charge in [0.2, 0.25) is 5.75 Å². The molecule has 7 heteroatoms. The molecule has 22 heavy (non-hydrogen) atoms. The molecule has 0 unspecified atom stereocenters. The second-order valence-electron chi connectivity index (χ2n) is 4.61. The Labute approximate surface area is 141 Å². The minimum atomic E-state index is -0.499. The van der Waals surface area contributed by atoms with E-state index in [-0.39, 0.29) is 11.4 Å². The van der Waals surface area contributed by atoms with Crippen molar-refractivity contribution in [2.45, 2.75) is 4.58 Å². The predicted molar refractivity (Wildman–Crippen MR) is 92.3 cm³/mol. The third kappa shape index (κ3) is 3.51. The maximum absolute atomic E-state index is 11.1. The van der Waals surface area contributed by atoms with Gasteiger partial charge < -0.3 is 4.74 Å². The minimum Gasteiger partial charge on any atom is -0.450 e. The maximum Gasteiger partial charge on any atom is 0.313 e. The smallest absolute Gasteiger partial charge is 0.313 e. The second kappa shape index (κ2) is 6.81. The van der Waals surface area contributed by atoms with E-state index < -0.39 is 4.92 Å². The van der Waals surface area contributed by atoms with Gasteiger partial charge in [-0.1, -0.05) is 23.7 Å². The van der Waals surface area contributed by atoms with Crippen molar-refractivity contribution >= 4 is 40.8 Å². The fraction of sp³-hybridized carbons (Fsp3) is 0.200. The second-order valence-corrected chi connectivity index (χ2v) is 7.77. The Bertz CT molecular complexity index is 688. The highest BCUT2D eigenvalue weighted by Gasteiger charge is 2.19. The average Bonchev–Trinajstić information content (AvgIpc) is 3.04. The van der Waals surface area contributed by atoms with Crippen LogP contribution in [-0.4, -0.2) is 16.4 Å². The fourth-order valence-corrected chi connectivity index (χ4v) is 5.12. The Balaban J connectivity index is 1.80. The van der Waals surface area contributed by atoms with Crippen LogP contribution in [0.2, 0.25) is 5.02 Å². The molecular formula is C15H12ClNO3S2. The van der Waals surface area contributed by atoms with Crippen LogP contribution in [0.25, 0.3) is 0 Å². The van der Waals surface area contributed by atoms with Gasteiger partial charge in [-0.3, -0.25) is 10.1 Å². The molecular weight excluding hydrogens is 342 g/mol. The van der Waals surface area contributed by atoms with Crippen LogP contribution >= 0.6 is 35.1 Å². The molecule has 1 heterocycles. The zero-order valence-corrected chi connectivity index (χ0v) is 13.8. The minimum absolute atomic E-state index is 0.140. The number of hydrogen-bond acceptors (Lipinski definition) is 5. The highest BCUT2D eigenvalue weighted by Crippen LogP contribution is 2.45. The van der Waals surface area contributed by atoms with Crippen molar-refractivity contribution in [3.05, 3.63) is 63.2 Å². The standard InChI is InChI=1S/C15H12ClNO3S2/c16-11-3-6-14(13(9-11)17(18)19)20-12-4-1-10(2-5-12)15-21-7-8-22-15/h1-6,9,15H,7-8H2. The number of benzene rings is 2. The lowest BCUT2D eigenvalue weighted by Gasteiger charge is -2.10. The first-order chi connectivity index (χ1) is 10.6. The first-order valence-corrected chi connectivity index (χ1v) is 9.06. The van der Waals surface area contributed by atoms with Crippen molar-refractivity contribution in [1.29, 1.82) is 0 Å². The molecule has 1 aliphatic heterocycles. The summed E-state index contributed by atoms with van der Waals surface area (Å²) in [5.74, 6) is 3.10. The molecule has 0 bridgehead atoms. The van der Waals surface area contributed by atoms with Gasteiger partial charge in [0.15, 0.2) is 0 Å². The Morgan fingerprint density at radius 1 is 1.14 bits per heavy atom. The van der Waals surface area contributed by atoms with Crippen LogP contribution < -0.4 is 4.74 Å². The zero-order valence-electron chi connectivity index (χ0n) is 11.4. The summed E-state index contributed by atoms with van der Waals surface area (Å²) < 4.78 is 6.10. The van der Waals surface area contributed by atoms with Gasteiger partial charge in [-0.2, -0.15) is 0 Å². The number of nitro benzene ring substituents is 1. The van der Waals surface area contributed by atoms with Crippen molar-refractivity contribution in [2.75, 3.05) is 11.5 Å². The van der Waals surface area contributed by atoms with Gasteiger partial charge in [0, 0.05) is 22.6 Å². The topological polar surface area (TPSA) is 52.4 Å². The number of ether oxygens (including phenoxy) is 1. The van der Waals surface area contributed by atoms with Crippen molar-refractivity contribution in [3.8, 4) is 11.5 Å². The van der Waals surface area contributed by atoms with Crippen LogP contribution in [0.3, 0.4) is 0 Å². The number of nitrogens with zero attached hydrogens (tertiary/aromatic N) is 1. The molecule has 1 saturated heterocycles. The molecule has 2 aromatic carbocycles. The van der Waals surface area contributed by atoms with Crippen molar-refractivity contribution in [3.63, 3.8) is 0 Å². The van der Waals surface area contributed by atoms with E-state index in [0.29, 0.717) is 15.4 Å². The molecule has 0 aliphatic carbocycles. The van der Waals surface area contributed by atoms with E-state index >= 15 is 0 Å². The third-order valence-corrected chi connectivity index (χ3v) is 6.46. The summed E-state index contributed by atoms with van der Waals surface area (Å²) in [5.41, 5.74) is 1.10. The van der Waals surface area contributed by atoms with Crippen molar-refractivity contribution in [2.24, 2.45) is 0 Å². The molecule has 1 aliphatic rings. The van der Waals surface area contributed by atoms with Gasteiger partial charge >= 0.3 is 5.69 Å². The Hall–Kier alpha value is -1.37. The summed E-state index contributed by atoms with van der Waals surface area (Å²) >= 11 is 9.66. The largest absolute Gasteiger partial charge is 0.450 e. The Morgan fingerprint density at radius 2 is 1.82 bits per heavy atom. The average molecular weight is 354 g/mol. The quantitative estimate of drug-likeness (QED) is 0.535. The summed E-state index contributed by atoms with van der Waals surface area (Å²) in [6.07, 6.45) is 0. The van der Waals surface area contributed by atoms with Crippen molar-refractivity contribution < 1.29 is 9.66 Å². The van der Waals surface area contributed by atoms with E-state index in [0.717, 1.165) is 0 Å². The number of nitro groups is 1. The summed E-state index contributed by atoms with van der Waals surface area (Å²) in [4.78, 5) is 10.6.